The highest BCUT2D eigenvalue weighted by Crippen LogP contribution is 2.34. The number of amides is 1. The maximum absolute atomic E-state index is 12.4. The molecular formula is C13H20N2O3S2. The van der Waals surface area contributed by atoms with E-state index in [4.69, 9.17) is 5.14 Å². The summed E-state index contributed by atoms with van der Waals surface area (Å²) in [5.41, 5.74) is 0.587. The molecule has 112 valence electrons. The Hall–Kier alpha value is -0.920. The van der Waals surface area contributed by atoms with Crippen LogP contribution in [-0.4, -0.2) is 32.3 Å². The molecule has 0 radical (unpaired) electrons. The van der Waals surface area contributed by atoms with Gasteiger partial charge in [0.25, 0.3) is 5.91 Å². The molecule has 1 fully saturated rings. The molecule has 2 rings (SSSR count). The van der Waals surface area contributed by atoms with E-state index in [1.54, 1.807) is 10.3 Å². The number of rotatable bonds is 2. The third-order valence-corrected chi connectivity index (χ3v) is 6.19. The summed E-state index contributed by atoms with van der Waals surface area (Å²) in [4.78, 5) is 14.2. The number of hydrogen-bond acceptors (Lipinski definition) is 4. The molecule has 0 saturated carbocycles. The zero-order chi connectivity index (χ0) is 15.1. The van der Waals surface area contributed by atoms with Gasteiger partial charge in [-0.2, -0.15) is 0 Å². The third kappa shape index (κ3) is 3.21. The van der Waals surface area contributed by atoms with Crippen molar-refractivity contribution in [3.63, 3.8) is 0 Å². The number of carbonyl (C=O) groups is 1. The monoisotopic (exact) mass is 316 g/mol. The van der Waals surface area contributed by atoms with Crippen LogP contribution in [0, 0.1) is 11.3 Å². The van der Waals surface area contributed by atoms with Crippen LogP contribution in [0.25, 0.3) is 0 Å². The molecule has 2 N–H and O–H groups in total. The molecule has 20 heavy (non-hydrogen) atoms. The van der Waals surface area contributed by atoms with Crippen molar-refractivity contribution in [2.24, 2.45) is 16.5 Å². The van der Waals surface area contributed by atoms with Crippen molar-refractivity contribution in [3.8, 4) is 0 Å². The molecule has 2 heterocycles. The number of sulfonamides is 1. The fourth-order valence-corrected chi connectivity index (χ4v) is 3.99. The van der Waals surface area contributed by atoms with Crippen LogP contribution >= 0.6 is 11.3 Å². The van der Waals surface area contributed by atoms with Gasteiger partial charge in [0.2, 0.25) is 10.0 Å². The summed E-state index contributed by atoms with van der Waals surface area (Å²) in [5.74, 6) is 0.366. The summed E-state index contributed by atoms with van der Waals surface area (Å²) >= 11 is 0.989. The Morgan fingerprint density at radius 2 is 2.10 bits per heavy atom. The van der Waals surface area contributed by atoms with Crippen molar-refractivity contribution in [2.45, 2.75) is 31.4 Å². The number of nitrogens with two attached hydrogens (primary N) is 1. The van der Waals surface area contributed by atoms with Crippen molar-refractivity contribution in [1.82, 2.24) is 4.90 Å². The van der Waals surface area contributed by atoms with Gasteiger partial charge < -0.3 is 4.90 Å². The van der Waals surface area contributed by atoms with Gasteiger partial charge in [0, 0.05) is 18.5 Å². The molecule has 7 heteroatoms. The summed E-state index contributed by atoms with van der Waals surface area (Å²) in [6.45, 7) is 7.98. The predicted octanol–water partition coefficient (Wildman–Crippen LogP) is 1.90. The third-order valence-electron chi connectivity index (χ3n) is 3.80. The van der Waals surface area contributed by atoms with Crippen LogP contribution in [0.15, 0.2) is 15.7 Å². The molecule has 0 aliphatic carbocycles. The highest BCUT2D eigenvalue weighted by molar-refractivity contribution is 7.91. The first-order chi connectivity index (χ1) is 9.09. The first kappa shape index (κ1) is 15.5. The summed E-state index contributed by atoms with van der Waals surface area (Å²) in [7, 11) is -3.73. The molecule has 1 aromatic heterocycles. The summed E-state index contributed by atoms with van der Waals surface area (Å²) in [5, 5.41) is 6.62. The Bertz CT molecular complexity index is 614. The maximum atomic E-state index is 12.4. The van der Waals surface area contributed by atoms with Gasteiger partial charge in [-0.1, -0.05) is 20.8 Å². The average molecular weight is 316 g/mol. The molecule has 1 aromatic rings. The van der Waals surface area contributed by atoms with Gasteiger partial charge in [0.05, 0.1) is 5.56 Å². The van der Waals surface area contributed by atoms with E-state index in [0.29, 0.717) is 11.5 Å². The molecule has 1 aliphatic heterocycles. The lowest BCUT2D eigenvalue weighted by Gasteiger charge is -2.26. The van der Waals surface area contributed by atoms with Gasteiger partial charge >= 0.3 is 0 Å². The smallest absolute Gasteiger partial charge is 0.254 e. The van der Waals surface area contributed by atoms with Gasteiger partial charge in [-0.25, -0.2) is 13.6 Å². The van der Waals surface area contributed by atoms with E-state index < -0.39 is 10.0 Å². The minimum absolute atomic E-state index is 0.0346. The Balaban J connectivity index is 2.12. The second-order valence-corrected chi connectivity index (χ2v) is 9.00. The zero-order valence-electron chi connectivity index (χ0n) is 11.9. The van der Waals surface area contributed by atoms with Crippen molar-refractivity contribution in [3.05, 3.63) is 17.0 Å². The van der Waals surface area contributed by atoms with Crippen LogP contribution in [-0.2, 0) is 10.0 Å². The zero-order valence-corrected chi connectivity index (χ0v) is 13.6. The molecule has 1 amide bonds. The summed E-state index contributed by atoms with van der Waals surface area (Å²) in [6, 6.07) is 1.37. The summed E-state index contributed by atoms with van der Waals surface area (Å²) in [6.07, 6.45) is 0.988. The molecule has 0 spiro atoms. The molecule has 1 atom stereocenters. The van der Waals surface area contributed by atoms with Crippen LogP contribution < -0.4 is 5.14 Å². The molecule has 1 aliphatic rings. The van der Waals surface area contributed by atoms with Crippen molar-refractivity contribution < 1.29 is 13.2 Å². The minimum atomic E-state index is -3.73. The predicted molar refractivity (Wildman–Crippen MR) is 79.2 cm³/mol. The van der Waals surface area contributed by atoms with Gasteiger partial charge in [-0.15, -0.1) is 11.3 Å². The van der Waals surface area contributed by atoms with E-state index in [1.165, 1.54) is 6.07 Å². The first-order valence-electron chi connectivity index (χ1n) is 6.49. The number of carbonyl (C=O) groups excluding carboxylic acids is 1. The van der Waals surface area contributed by atoms with E-state index in [0.717, 1.165) is 30.8 Å². The quantitative estimate of drug-likeness (QED) is 0.905. The standard InChI is InChI=1S/C13H20N2O3S2/c1-13(2,3)10-4-5-15(7-10)12(16)9-6-11(19-8-9)20(14,17)18/h6,8,10H,4-5,7H2,1-3H3,(H2,14,17,18). The molecule has 1 unspecified atom stereocenters. The Kier molecular flexibility index (Phi) is 3.96. The highest BCUT2D eigenvalue weighted by Gasteiger charge is 2.34. The second-order valence-electron chi connectivity index (χ2n) is 6.30. The van der Waals surface area contributed by atoms with Gasteiger partial charge in [-0.05, 0) is 23.8 Å². The van der Waals surface area contributed by atoms with Crippen LogP contribution in [0.4, 0.5) is 0 Å². The SMILES string of the molecule is CC(C)(C)C1CCN(C(=O)c2csc(S(N)(=O)=O)c2)C1. The van der Waals surface area contributed by atoms with Crippen molar-refractivity contribution in [1.29, 1.82) is 0 Å². The lowest BCUT2D eigenvalue weighted by atomic mass is 9.80. The Morgan fingerprint density at radius 1 is 1.45 bits per heavy atom. The largest absolute Gasteiger partial charge is 0.338 e. The number of thiophene rings is 1. The highest BCUT2D eigenvalue weighted by atomic mass is 32.2. The second kappa shape index (κ2) is 5.13. The summed E-state index contributed by atoms with van der Waals surface area (Å²) < 4.78 is 22.5. The van der Waals surface area contributed by atoms with E-state index in [-0.39, 0.29) is 15.5 Å². The first-order valence-corrected chi connectivity index (χ1v) is 8.92. The maximum Gasteiger partial charge on any atom is 0.254 e. The number of nitrogens with zero attached hydrogens (tertiary/aromatic N) is 1. The molecule has 5 nitrogen and oxygen atoms in total. The van der Waals surface area contributed by atoms with E-state index in [1.807, 2.05) is 0 Å². The molecule has 0 aromatic carbocycles. The van der Waals surface area contributed by atoms with Crippen molar-refractivity contribution in [2.75, 3.05) is 13.1 Å². The molecule has 1 saturated heterocycles. The molecular weight excluding hydrogens is 296 g/mol. The van der Waals surface area contributed by atoms with E-state index >= 15 is 0 Å². The van der Waals surface area contributed by atoms with Crippen LogP contribution in [0.3, 0.4) is 0 Å². The van der Waals surface area contributed by atoms with Gasteiger partial charge in [0.15, 0.2) is 0 Å². The number of hydrogen-bond donors (Lipinski definition) is 1. The van der Waals surface area contributed by atoms with Crippen molar-refractivity contribution >= 4 is 27.3 Å². The Morgan fingerprint density at radius 3 is 2.55 bits per heavy atom. The van der Waals surface area contributed by atoms with Gasteiger partial charge in [-0.3, -0.25) is 4.79 Å². The normalized spacial score (nSPS) is 20.4. The van der Waals surface area contributed by atoms with E-state index in [2.05, 4.69) is 20.8 Å². The fourth-order valence-electron chi connectivity index (χ4n) is 2.41. The number of likely N-dealkylation sites (tertiary alicyclic amines) is 1. The fraction of sp³-hybridized carbons (Fsp3) is 0.615. The average Bonchev–Trinajstić information content (AvgIpc) is 2.96. The lowest BCUT2D eigenvalue weighted by molar-refractivity contribution is 0.0777. The minimum Gasteiger partial charge on any atom is -0.338 e. The van der Waals surface area contributed by atoms with Gasteiger partial charge in [0.1, 0.15) is 4.21 Å². The number of primary sulfonamides is 1. The van der Waals surface area contributed by atoms with Crippen LogP contribution in [0.1, 0.15) is 37.6 Å². The lowest BCUT2D eigenvalue weighted by Crippen LogP contribution is -2.30. The van der Waals surface area contributed by atoms with E-state index in [9.17, 15) is 13.2 Å². The Labute approximate surface area is 123 Å². The van der Waals surface area contributed by atoms with Crippen LogP contribution in [0.5, 0.6) is 0 Å². The topological polar surface area (TPSA) is 80.5 Å². The molecule has 0 bridgehead atoms. The van der Waals surface area contributed by atoms with Crippen LogP contribution in [0.2, 0.25) is 0 Å².